The number of hydrogen-bond donors (Lipinski definition) is 1. The van der Waals surface area contributed by atoms with Crippen LogP contribution in [0, 0.1) is 6.92 Å². The van der Waals surface area contributed by atoms with Gasteiger partial charge in [-0.15, -0.1) is 18.3 Å². The van der Waals surface area contributed by atoms with Crippen LogP contribution in [0.1, 0.15) is 25.2 Å². The molecule has 0 fully saturated rings. The van der Waals surface area contributed by atoms with E-state index in [1.165, 1.54) is 12.1 Å². The van der Waals surface area contributed by atoms with Gasteiger partial charge in [0, 0.05) is 5.56 Å². The molecular weight excluding hydrogens is 481 g/mol. The Bertz CT molecular complexity index is 1380. The quantitative estimate of drug-likeness (QED) is 0.384. The number of benzene rings is 2. The molecule has 2 aromatic heterocycles. The summed E-state index contributed by atoms with van der Waals surface area (Å²) in [5.74, 6) is 0.477. The zero-order valence-corrected chi connectivity index (χ0v) is 19.4. The highest BCUT2D eigenvalue weighted by Gasteiger charge is 2.31. The lowest BCUT2D eigenvalue weighted by Gasteiger charge is -2.23. The van der Waals surface area contributed by atoms with Crippen molar-refractivity contribution in [2.75, 3.05) is 0 Å². The highest BCUT2D eigenvalue weighted by atomic mass is 19.4. The molecule has 1 amide bonds. The standard InChI is InChI=1S/C23H21F3N6O4/c1-13-28-19(20-29-18(31-36-20)15-7-9-16(10-8-15)35-23(24,25)26)30-32(13)12-14-5-4-6-17(11-14)34-22(2,3)21(27)33/h4-11H,12H2,1-3H3,(H2,27,33). The fraction of sp³-hybridized carbons (Fsp3) is 0.261. The van der Waals surface area contributed by atoms with E-state index in [0.29, 0.717) is 23.7 Å². The number of amides is 1. The van der Waals surface area contributed by atoms with E-state index in [1.54, 1.807) is 43.7 Å². The summed E-state index contributed by atoms with van der Waals surface area (Å²) in [4.78, 5) is 20.2. The van der Waals surface area contributed by atoms with Crippen LogP contribution >= 0.6 is 0 Å². The van der Waals surface area contributed by atoms with Crippen LogP contribution in [0.5, 0.6) is 11.5 Å². The minimum absolute atomic E-state index is 0.0442. The van der Waals surface area contributed by atoms with Crippen molar-refractivity contribution in [2.24, 2.45) is 5.73 Å². The molecule has 0 bridgehead atoms. The second-order valence-electron chi connectivity index (χ2n) is 8.26. The van der Waals surface area contributed by atoms with Crippen molar-refractivity contribution in [1.29, 1.82) is 0 Å². The fourth-order valence-electron chi connectivity index (χ4n) is 3.12. The molecule has 0 spiro atoms. The Morgan fingerprint density at radius 2 is 1.75 bits per heavy atom. The number of nitrogens with two attached hydrogens (primary N) is 1. The Kier molecular flexibility index (Phi) is 6.39. The number of carbonyl (C=O) groups excluding carboxylic acids is 1. The van der Waals surface area contributed by atoms with Gasteiger partial charge in [-0.1, -0.05) is 17.3 Å². The Hall–Kier alpha value is -4.42. The normalized spacial score (nSPS) is 11.9. The van der Waals surface area contributed by atoms with Gasteiger partial charge >= 0.3 is 6.36 Å². The van der Waals surface area contributed by atoms with Crippen LogP contribution in [0.4, 0.5) is 13.2 Å². The van der Waals surface area contributed by atoms with Gasteiger partial charge in [-0.3, -0.25) is 4.79 Å². The van der Waals surface area contributed by atoms with Crippen molar-refractivity contribution in [3.05, 3.63) is 59.9 Å². The summed E-state index contributed by atoms with van der Waals surface area (Å²) < 4.78 is 53.5. The molecule has 0 aliphatic heterocycles. The van der Waals surface area contributed by atoms with Gasteiger partial charge in [-0.2, -0.15) is 4.98 Å². The molecule has 0 saturated heterocycles. The number of aryl methyl sites for hydroxylation is 1. The highest BCUT2D eigenvalue weighted by Crippen LogP contribution is 2.27. The minimum Gasteiger partial charge on any atom is -0.478 e. The maximum Gasteiger partial charge on any atom is 0.573 e. The van der Waals surface area contributed by atoms with Crippen molar-refractivity contribution in [1.82, 2.24) is 24.9 Å². The van der Waals surface area contributed by atoms with Gasteiger partial charge in [0.15, 0.2) is 5.60 Å². The SMILES string of the molecule is Cc1nc(-c2nc(-c3ccc(OC(F)(F)F)cc3)no2)nn1Cc1cccc(OC(C)(C)C(N)=O)c1. The molecule has 13 heteroatoms. The second kappa shape index (κ2) is 9.32. The van der Waals surface area contributed by atoms with Gasteiger partial charge in [0.1, 0.15) is 17.3 Å². The zero-order valence-electron chi connectivity index (χ0n) is 19.4. The summed E-state index contributed by atoms with van der Waals surface area (Å²) >= 11 is 0. The minimum atomic E-state index is -4.78. The largest absolute Gasteiger partial charge is 0.573 e. The molecule has 0 atom stereocenters. The Balaban J connectivity index is 1.49. The van der Waals surface area contributed by atoms with Crippen LogP contribution in [0.25, 0.3) is 23.1 Å². The van der Waals surface area contributed by atoms with Gasteiger partial charge in [0.05, 0.1) is 6.54 Å². The van der Waals surface area contributed by atoms with E-state index in [1.807, 2.05) is 6.07 Å². The first-order chi connectivity index (χ1) is 16.9. The smallest absolute Gasteiger partial charge is 0.478 e. The van der Waals surface area contributed by atoms with Gasteiger partial charge in [-0.05, 0) is 62.7 Å². The van der Waals surface area contributed by atoms with Crippen molar-refractivity contribution in [3.8, 4) is 34.6 Å². The molecule has 36 heavy (non-hydrogen) atoms. The maximum absolute atomic E-state index is 12.3. The van der Waals surface area contributed by atoms with E-state index in [0.717, 1.165) is 17.7 Å². The first kappa shape index (κ1) is 24.7. The van der Waals surface area contributed by atoms with Crippen LogP contribution in [0.2, 0.25) is 0 Å². The summed E-state index contributed by atoms with van der Waals surface area (Å²) in [6.45, 7) is 5.26. The second-order valence-corrected chi connectivity index (χ2v) is 8.26. The molecule has 4 rings (SSSR count). The molecule has 0 saturated carbocycles. The summed E-state index contributed by atoms with van der Waals surface area (Å²) in [6, 6.07) is 12.2. The number of halogens is 3. The zero-order chi connectivity index (χ0) is 26.1. The number of alkyl halides is 3. The van der Waals surface area contributed by atoms with Crippen LogP contribution in [0.15, 0.2) is 53.1 Å². The van der Waals surface area contributed by atoms with E-state index in [9.17, 15) is 18.0 Å². The molecule has 4 aromatic rings. The first-order valence-electron chi connectivity index (χ1n) is 10.6. The maximum atomic E-state index is 12.3. The van der Waals surface area contributed by atoms with E-state index < -0.39 is 17.9 Å². The predicted octanol–water partition coefficient (Wildman–Crippen LogP) is 3.89. The Morgan fingerprint density at radius 1 is 1.03 bits per heavy atom. The summed E-state index contributed by atoms with van der Waals surface area (Å²) in [6.07, 6.45) is -4.78. The average Bonchev–Trinajstić information content (AvgIpc) is 3.40. The third-order valence-corrected chi connectivity index (χ3v) is 5.02. The monoisotopic (exact) mass is 502 g/mol. The van der Waals surface area contributed by atoms with Crippen molar-refractivity contribution < 1.29 is 32.0 Å². The third-order valence-electron chi connectivity index (χ3n) is 5.02. The number of carbonyl (C=O) groups is 1. The van der Waals surface area contributed by atoms with Gasteiger partial charge in [0.2, 0.25) is 11.6 Å². The van der Waals surface area contributed by atoms with E-state index in [2.05, 4.69) is 25.0 Å². The number of aromatic nitrogens is 5. The van der Waals surface area contributed by atoms with Crippen LogP contribution < -0.4 is 15.2 Å². The third kappa shape index (κ3) is 5.79. The van der Waals surface area contributed by atoms with E-state index >= 15 is 0 Å². The van der Waals surface area contributed by atoms with Gasteiger partial charge < -0.3 is 19.7 Å². The van der Waals surface area contributed by atoms with Gasteiger partial charge in [-0.25, -0.2) is 9.67 Å². The number of nitrogens with zero attached hydrogens (tertiary/aromatic N) is 5. The lowest BCUT2D eigenvalue weighted by molar-refractivity contribution is -0.274. The molecule has 2 aromatic carbocycles. The van der Waals surface area contributed by atoms with Gasteiger partial charge in [0.25, 0.3) is 11.8 Å². The summed E-state index contributed by atoms with van der Waals surface area (Å²) in [7, 11) is 0. The molecule has 0 unspecified atom stereocenters. The summed E-state index contributed by atoms with van der Waals surface area (Å²) in [5.41, 5.74) is 5.46. The van der Waals surface area contributed by atoms with Crippen LogP contribution in [0.3, 0.4) is 0 Å². The number of ether oxygens (including phenoxy) is 2. The topological polar surface area (TPSA) is 131 Å². The van der Waals surface area contributed by atoms with Crippen molar-refractivity contribution >= 4 is 5.91 Å². The van der Waals surface area contributed by atoms with Crippen molar-refractivity contribution in [2.45, 2.75) is 39.3 Å². The number of primary amides is 1. The Labute approximate surface area is 202 Å². The van der Waals surface area contributed by atoms with Crippen molar-refractivity contribution in [3.63, 3.8) is 0 Å². The lowest BCUT2D eigenvalue weighted by Crippen LogP contribution is -2.43. The van der Waals surface area contributed by atoms with Crippen LogP contribution in [-0.4, -0.2) is 42.8 Å². The molecule has 10 nitrogen and oxygen atoms in total. The van der Waals surface area contributed by atoms with Crippen LogP contribution in [-0.2, 0) is 11.3 Å². The first-order valence-corrected chi connectivity index (χ1v) is 10.6. The highest BCUT2D eigenvalue weighted by molar-refractivity contribution is 5.82. The molecular formula is C23H21F3N6O4. The molecule has 188 valence electrons. The molecule has 0 aliphatic rings. The fourth-order valence-corrected chi connectivity index (χ4v) is 3.12. The Morgan fingerprint density at radius 3 is 2.42 bits per heavy atom. The average molecular weight is 502 g/mol. The molecule has 2 heterocycles. The number of rotatable bonds is 8. The van der Waals surface area contributed by atoms with E-state index in [4.69, 9.17) is 15.0 Å². The summed E-state index contributed by atoms with van der Waals surface area (Å²) in [5, 5.41) is 8.28. The lowest BCUT2D eigenvalue weighted by atomic mass is 10.1. The number of hydrogen-bond acceptors (Lipinski definition) is 8. The predicted molar refractivity (Wildman–Crippen MR) is 120 cm³/mol. The van der Waals surface area contributed by atoms with E-state index in [-0.39, 0.29) is 23.3 Å². The molecule has 0 radical (unpaired) electrons. The molecule has 2 N–H and O–H groups in total. The molecule has 0 aliphatic carbocycles.